The van der Waals surface area contributed by atoms with E-state index in [0.29, 0.717) is 6.04 Å². The topological polar surface area (TPSA) is 65.3 Å². The zero-order chi connectivity index (χ0) is 20.1. The molecular formula is C22H38IN5O2. The summed E-state index contributed by atoms with van der Waals surface area (Å²) < 4.78 is 11.5. The summed E-state index contributed by atoms with van der Waals surface area (Å²) in [6.07, 6.45) is 6.75. The lowest BCUT2D eigenvalue weighted by molar-refractivity contribution is 0.0124. The lowest BCUT2D eigenvalue weighted by Gasteiger charge is -2.34. The number of guanidine groups is 1. The molecule has 2 aliphatic heterocycles. The Kier molecular flexibility index (Phi) is 9.28. The molecule has 4 rings (SSSR count). The van der Waals surface area contributed by atoms with E-state index in [2.05, 4.69) is 31.5 Å². The lowest BCUT2D eigenvalue weighted by Crippen LogP contribution is -2.49. The first-order valence-electron chi connectivity index (χ1n) is 11.3. The molecule has 0 bridgehead atoms. The molecule has 1 saturated carbocycles. The molecule has 2 N–H and O–H groups in total. The van der Waals surface area contributed by atoms with E-state index in [1.807, 2.05) is 20.0 Å². The molecule has 2 saturated heterocycles. The van der Waals surface area contributed by atoms with Crippen molar-refractivity contribution in [3.8, 4) is 0 Å². The average Bonchev–Trinajstić information content (AvgIpc) is 3.50. The third-order valence-electron chi connectivity index (χ3n) is 6.66. The predicted octanol–water partition coefficient (Wildman–Crippen LogP) is 2.76. The van der Waals surface area contributed by atoms with Gasteiger partial charge in [0.05, 0.1) is 19.3 Å². The monoisotopic (exact) mass is 531 g/mol. The van der Waals surface area contributed by atoms with Crippen molar-refractivity contribution in [1.82, 2.24) is 20.4 Å². The number of morpholine rings is 1. The summed E-state index contributed by atoms with van der Waals surface area (Å²) in [5.74, 6) is 2.86. The Morgan fingerprint density at radius 1 is 1.17 bits per heavy atom. The summed E-state index contributed by atoms with van der Waals surface area (Å²) in [6.45, 7) is 8.53. The van der Waals surface area contributed by atoms with E-state index in [-0.39, 0.29) is 30.0 Å². The van der Waals surface area contributed by atoms with Gasteiger partial charge in [-0.2, -0.15) is 0 Å². The van der Waals surface area contributed by atoms with Gasteiger partial charge in [0, 0.05) is 51.9 Å². The minimum Gasteiger partial charge on any atom is -0.465 e. The zero-order valence-electron chi connectivity index (χ0n) is 18.4. The number of halogens is 1. The number of aryl methyl sites for hydroxylation is 1. The van der Waals surface area contributed by atoms with Crippen LogP contribution in [0, 0.1) is 6.92 Å². The molecule has 3 aliphatic rings. The molecule has 7 nitrogen and oxygen atoms in total. The average molecular weight is 531 g/mol. The first-order chi connectivity index (χ1) is 14.2. The van der Waals surface area contributed by atoms with Crippen LogP contribution in [0.4, 0.5) is 0 Å². The fourth-order valence-corrected chi connectivity index (χ4v) is 5.02. The second-order valence-electron chi connectivity index (χ2n) is 8.63. The first-order valence-corrected chi connectivity index (χ1v) is 11.3. The minimum absolute atomic E-state index is 0. The molecule has 1 aromatic rings. The second kappa shape index (κ2) is 11.7. The minimum atomic E-state index is 0. The number of hydrogen-bond donors (Lipinski definition) is 2. The third-order valence-corrected chi connectivity index (χ3v) is 6.66. The van der Waals surface area contributed by atoms with Crippen molar-refractivity contribution < 1.29 is 9.15 Å². The summed E-state index contributed by atoms with van der Waals surface area (Å²) in [4.78, 5) is 9.62. The largest absolute Gasteiger partial charge is 0.465 e. The molecule has 8 heteroatoms. The molecule has 0 aromatic carbocycles. The van der Waals surface area contributed by atoms with Gasteiger partial charge in [-0.25, -0.2) is 0 Å². The van der Waals surface area contributed by atoms with E-state index in [1.54, 1.807) is 0 Å². The van der Waals surface area contributed by atoms with Crippen molar-refractivity contribution in [3.63, 3.8) is 0 Å². The van der Waals surface area contributed by atoms with Crippen LogP contribution in [0.15, 0.2) is 21.5 Å². The fraction of sp³-hybridized carbons (Fsp3) is 0.773. The molecule has 3 heterocycles. The van der Waals surface area contributed by atoms with Gasteiger partial charge >= 0.3 is 0 Å². The van der Waals surface area contributed by atoms with Crippen LogP contribution in [0.5, 0.6) is 0 Å². The van der Waals surface area contributed by atoms with E-state index in [1.165, 1.54) is 38.6 Å². The molecule has 0 radical (unpaired) electrons. The number of nitrogens with zero attached hydrogens (tertiary/aromatic N) is 3. The van der Waals surface area contributed by atoms with Gasteiger partial charge in [0.25, 0.3) is 0 Å². The maximum atomic E-state index is 5.98. The Bertz CT molecular complexity index is 670. The van der Waals surface area contributed by atoms with Gasteiger partial charge in [-0.1, -0.05) is 12.8 Å². The van der Waals surface area contributed by atoms with Crippen LogP contribution in [-0.2, 0) is 4.74 Å². The highest BCUT2D eigenvalue weighted by atomic mass is 127. The zero-order valence-corrected chi connectivity index (χ0v) is 20.8. The molecule has 30 heavy (non-hydrogen) atoms. The van der Waals surface area contributed by atoms with Gasteiger partial charge in [0.2, 0.25) is 0 Å². The Morgan fingerprint density at radius 2 is 1.93 bits per heavy atom. The summed E-state index contributed by atoms with van der Waals surface area (Å²) in [5.41, 5.74) is 0. The second-order valence-corrected chi connectivity index (χ2v) is 8.63. The van der Waals surface area contributed by atoms with E-state index in [0.717, 1.165) is 62.9 Å². The quantitative estimate of drug-likeness (QED) is 0.335. The summed E-state index contributed by atoms with van der Waals surface area (Å²) >= 11 is 0. The molecule has 1 aromatic heterocycles. The van der Waals surface area contributed by atoms with E-state index in [4.69, 9.17) is 9.15 Å². The van der Waals surface area contributed by atoms with E-state index in [9.17, 15) is 0 Å². The van der Waals surface area contributed by atoms with Gasteiger partial charge in [0.15, 0.2) is 5.96 Å². The van der Waals surface area contributed by atoms with Crippen LogP contribution < -0.4 is 10.6 Å². The van der Waals surface area contributed by atoms with Crippen LogP contribution in [-0.4, -0.2) is 80.8 Å². The Balaban J connectivity index is 0.00000256. The van der Waals surface area contributed by atoms with Crippen molar-refractivity contribution in [3.05, 3.63) is 23.7 Å². The molecule has 170 valence electrons. The molecule has 0 spiro atoms. The lowest BCUT2D eigenvalue weighted by atomic mass is 10.1. The summed E-state index contributed by atoms with van der Waals surface area (Å²) in [6, 6.07) is 5.62. The van der Waals surface area contributed by atoms with Crippen molar-refractivity contribution in [2.45, 2.75) is 57.2 Å². The van der Waals surface area contributed by atoms with Crippen LogP contribution in [0.3, 0.4) is 0 Å². The number of nitrogens with one attached hydrogen (secondary N) is 2. The Morgan fingerprint density at radius 3 is 2.60 bits per heavy atom. The molecular weight excluding hydrogens is 493 g/mol. The SMILES string of the molecule is CN=C(NCC(c1ccc(C)o1)N1CCOCC1)NC1CCN(C2CCCC2)C1.I. The highest BCUT2D eigenvalue weighted by molar-refractivity contribution is 14.0. The Hall–Kier alpha value is -0.840. The van der Waals surface area contributed by atoms with Gasteiger partial charge in [0.1, 0.15) is 11.5 Å². The number of ether oxygens (including phenoxy) is 1. The van der Waals surface area contributed by atoms with Crippen LogP contribution in [0.1, 0.15) is 49.7 Å². The number of aliphatic imine (C=N–C) groups is 1. The smallest absolute Gasteiger partial charge is 0.191 e. The van der Waals surface area contributed by atoms with Gasteiger partial charge in [-0.05, 0) is 38.3 Å². The molecule has 1 aliphatic carbocycles. The third kappa shape index (κ3) is 6.11. The standard InChI is InChI=1S/C22H37N5O2.HI/c1-17-7-8-21(29-17)20(26-11-13-28-14-12-26)15-24-22(23-2)25-18-9-10-27(16-18)19-5-3-4-6-19;/h7-8,18-20H,3-6,9-16H2,1-2H3,(H2,23,24,25);1H. The normalized spacial score (nSPS) is 25.3. The summed E-state index contributed by atoms with van der Waals surface area (Å²) in [7, 11) is 1.86. The fourth-order valence-electron chi connectivity index (χ4n) is 5.02. The number of likely N-dealkylation sites (tertiary alicyclic amines) is 1. The van der Waals surface area contributed by atoms with Crippen molar-refractivity contribution in [1.29, 1.82) is 0 Å². The van der Waals surface area contributed by atoms with Crippen molar-refractivity contribution in [2.24, 2.45) is 4.99 Å². The van der Waals surface area contributed by atoms with E-state index < -0.39 is 0 Å². The molecule has 2 atom stereocenters. The van der Waals surface area contributed by atoms with Crippen LogP contribution >= 0.6 is 24.0 Å². The first kappa shape index (κ1) is 23.8. The highest BCUT2D eigenvalue weighted by Crippen LogP contribution is 2.26. The van der Waals surface area contributed by atoms with E-state index >= 15 is 0 Å². The van der Waals surface area contributed by atoms with Crippen molar-refractivity contribution >= 4 is 29.9 Å². The molecule has 3 fully saturated rings. The molecule has 2 unspecified atom stereocenters. The Labute approximate surface area is 198 Å². The van der Waals surface area contributed by atoms with Gasteiger partial charge in [-0.3, -0.25) is 14.8 Å². The van der Waals surface area contributed by atoms with Crippen LogP contribution in [0.2, 0.25) is 0 Å². The van der Waals surface area contributed by atoms with Gasteiger partial charge in [-0.15, -0.1) is 24.0 Å². The van der Waals surface area contributed by atoms with Crippen molar-refractivity contribution in [2.75, 3.05) is 53.0 Å². The number of rotatable bonds is 6. The number of furan rings is 1. The molecule has 0 amide bonds. The maximum Gasteiger partial charge on any atom is 0.191 e. The van der Waals surface area contributed by atoms with Crippen LogP contribution in [0.25, 0.3) is 0 Å². The highest BCUT2D eigenvalue weighted by Gasteiger charge is 2.31. The maximum absolute atomic E-state index is 5.98. The predicted molar refractivity (Wildman–Crippen MR) is 131 cm³/mol. The van der Waals surface area contributed by atoms with Gasteiger partial charge < -0.3 is 19.8 Å². The number of hydrogen-bond acceptors (Lipinski definition) is 5. The summed E-state index contributed by atoms with van der Waals surface area (Å²) in [5, 5.41) is 7.22.